The Kier molecular flexibility index (Phi) is 5.00. The fourth-order valence-corrected chi connectivity index (χ4v) is 3.26. The van der Waals surface area contributed by atoms with Crippen LogP contribution in [0.15, 0.2) is 24.3 Å². The highest BCUT2D eigenvalue weighted by Gasteiger charge is 2.36. The second-order valence-corrected chi connectivity index (χ2v) is 6.23. The van der Waals surface area contributed by atoms with Crippen LogP contribution in [-0.2, 0) is 13.0 Å². The number of hydrogen-bond donors (Lipinski definition) is 1. The zero-order chi connectivity index (χ0) is 13.7. The van der Waals surface area contributed by atoms with Crippen LogP contribution >= 0.6 is 0 Å². The lowest BCUT2D eigenvalue weighted by atomic mass is 9.68. The Labute approximate surface area is 118 Å². The average molecular weight is 260 g/mol. The van der Waals surface area contributed by atoms with Gasteiger partial charge in [0.25, 0.3) is 0 Å². The van der Waals surface area contributed by atoms with Crippen molar-refractivity contribution in [1.29, 1.82) is 0 Å². The van der Waals surface area contributed by atoms with E-state index in [1.807, 2.05) is 0 Å². The highest BCUT2D eigenvalue weighted by Crippen LogP contribution is 2.40. The minimum absolute atomic E-state index is 0.535. The van der Waals surface area contributed by atoms with Crippen molar-refractivity contribution < 1.29 is 0 Å². The summed E-state index contributed by atoms with van der Waals surface area (Å²) in [4.78, 5) is 2.48. The molecule has 2 rings (SSSR count). The Hall–Kier alpha value is -0.860. The van der Waals surface area contributed by atoms with Crippen molar-refractivity contribution in [2.24, 2.45) is 5.41 Å². The predicted octanol–water partition coefficient (Wildman–Crippen LogP) is 3.07. The van der Waals surface area contributed by atoms with Gasteiger partial charge in [0.05, 0.1) is 0 Å². The van der Waals surface area contributed by atoms with Gasteiger partial charge in [-0.2, -0.15) is 0 Å². The van der Waals surface area contributed by atoms with E-state index in [0.29, 0.717) is 5.41 Å². The molecule has 1 aromatic carbocycles. The summed E-state index contributed by atoms with van der Waals surface area (Å²) in [6.07, 6.45) is 5.29. The van der Waals surface area contributed by atoms with E-state index in [1.165, 1.54) is 36.9 Å². The lowest BCUT2D eigenvalue weighted by Gasteiger charge is -2.44. The van der Waals surface area contributed by atoms with Crippen molar-refractivity contribution in [3.8, 4) is 0 Å². The first-order valence-electron chi connectivity index (χ1n) is 7.58. The molecule has 0 bridgehead atoms. The molecule has 0 radical (unpaired) electrons. The van der Waals surface area contributed by atoms with Gasteiger partial charge < -0.3 is 10.2 Å². The third-order valence-corrected chi connectivity index (χ3v) is 4.46. The van der Waals surface area contributed by atoms with Crippen molar-refractivity contribution in [3.05, 3.63) is 35.4 Å². The molecule has 0 heterocycles. The van der Waals surface area contributed by atoms with Crippen LogP contribution in [-0.4, -0.2) is 32.1 Å². The quantitative estimate of drug-likeness (QED) is 0.810. The van der Waals surface area contributed by atoms with Gasteiger partial charge in [0.1, 0.15) is 0 Å². The summed E-state index contributed by atoms with van der Waals surface area (Å²) in [6, 6.07) is 9.08. The molecule has 0 aliphatic heterocycles. The van der Waals surface area contributed by atoms with Crippen LogP contribution in [0.25, 0.3) is 0 Å². The van der Waals surface area contributed by atoms with Crippen LogP contribution in [0.5, 0.6) is 0 Å². The largest absolute Gasteiger partial charge is 0.319 e. The first-order valence-corrected chi connectivity index (χ1v) is 7.58. The van der Waals surface area contributed by atoms with E-state index >= 15 is 0 Å². The maximum absolute atomic E-state index is 3.37. The van der Waals surface area contributed by atoms with E-state index in [2.05, 4.69) is 55.5 Å². The summed E-state index contributed by atoms with van der Waals surface area (Å²) in [5.74, 6) is 0. The molecule has 0 atom stereocenters. The van der Waals surface area contributed by atoms with E-state index in [0.717, 1.165) is 19.5 Å². The van der Waals surface area contributed by atoms with E-state index in [-0.39, 0.29) is 0 Å². The molecule has 1 N–H and O–H groups in total. The standard InChI is InChI=1S/C17H28N2/c1-4-15-6-8-16(9-7-15)12-19(3)14-17(13-18-2)10-5-11-17/h6-9,18H,4-5,10-14H2,1-3H3. The summed E-state index contributed by atoms with van der Waals surface area (Å²) in [5, 5.41) is 3.37. The minimum Gasteiger partial charge on any atom is -0.319 e. The lowest BCUT2D eigenvalue weighted by molar-refractivity contribution is 0.0768. The highest BCUT2D eigenvalue weighted by molar-refractivity contribution is 5.22. The van der Waals surface area contributed by atoms with Crippen molar-refractivity contribution >= 4 is 0 Å². The zero-order valence-corrected chi connectivity index (χ0v) is 12.7. The first-order chi connectivity index (χ1) is 9.17. The molecule has 0 amide bonds. The van der Waals surface area contributed by atoms with Crippen molar-refractivity contribution in [2.45, 2.75) is 39.2 Å². The fraction of sp³-hybridized carbons (Fsp3) is 0.647. The molecule has 19 heavy (non-hydrogen) atoms. The summed E-state index contributed by atoms with van der Waals surface area (Å²) in [6.45, 7) is 5.64. The Morgan fingerprint density at radius 1 is 1.16 bits per heavy atom. The van der Waals surface area contributed by atoms with Crippen LogP contribution in [0.4, 0.5) is 0 Å². The van der Waals surface area contributed by atoms with Crippen LogP contribution < -0.4 is 5.32 Å². The lowest BCUT2D eigenvalue weighted by Crippen LogP contribution is -2.46. The maximum Gasteiger partial charge on any atom is 0.0230 e. The number of aryl methyl sites for hydroxylation is 1. The van der Waals surface area contributed by atoms with E-state index in [4.69, 9.17) is 0 Å². The molecular formula is C17H28N2. The SMILES string of the molecule is CCc1ccc(CN(C)CC2(CNC)CCC2)cc1. The molecule has 1 saturated carbocycles. The molecule has 0 aromatic heterocycles. The predicted molar refractivity (Wildman–Crippen MR) is 82.4 cm³/mol. The van der Waals surface area contributed by atoms with Gasteiger partial charge in [-0.25, -0.2) is 0 Å². The average Bonchev–Trinajstić information content (AvgIpc) is 2.37. The Bertz CT molecular complexity index is 379. The molecule has 2 heteroatoms. The van der Waals surface area contributed by atoms with Gasteiger partial charge in [-0.1, -0.05) is 37.6 Å². The molecule has 1 aromatic rings. The van der Waals surface area contributed by atoms with Crippen molar-refractivity contribution in [2.75, 3.05) is 27.2 Å². The second kappa shape index (κ2) is 6.53. The molecule has 0 unspecified atom stereocenters. The van der Waals surface area contributed by atoms with Gasteiger partial charge in [0.2, 0.25) is 0 Å². The molecule has 2 nitrogen and oxygen atoms in total. The van der Waals surface area contributed by atoms with Crippen LogP contribution in [0.3, 0.4) is 0 Å². The number of nitrogens with one attached hydrogen (secondary N) is 1. The van der Waals surface area contributed by atoms with E-state index < -0.39 is 0 Å². The molecule has 0 saturated heterocycles. The summed E-state index contributed by atoms with van der Waals surface area (Å²) in [7, 11) is 4.33. The number of nitrogens with zero attached hydrogens (tertiary/aromatic N) is 1. The minimum atomic E-state index is 0.535. The van der Waals surface area contributed by atoms with Gasteiger partial charge in [0, 0.05) is 19.6 Å². The normalized spacial score (nSPS) is 17.5. The number of hydrogen-bond acceptors (Lipinski definition) is 2. The Morgan fingerprint density at radius 2 is 1.79 bits per heavy atom. The van der Waals surface area contributed by atoms with E-state index in [9.17, 15) is 0 Å². The summed E-state index contributed by atoms with van der Waals surface area (Å²) >= 11 is 0. The second-order valence-electron chi connectivity index (χ2n) is 6.23. The van der Waals surface area contributed by atoms with Crippen LogP contribution in [0, 0.1) is 5.41 Å². The maximum atomic E-state index is 3.37. The molecule has 1 aliphatic rings. The van der Waals surface area contributed by atoms with Gasteiger partial charge in [-0.05, 0) is 49.9 Å². The van der Waals surface area contributed by atoms with Crippen LogP contribution in [0.2, 0.25) is 0 Å². The summed E-state index contributed by atoms with van der Waals surface area (Å²) < 4.78 is 0. The van der Waals surface area contributed by atoms with Crippen LogP contribution in [0.1, 0.15) is 37.3 Å². The molecule has 1 aliphatic carbocycles. The number of rotatable bonds is 7. The molecule has 106 valence electrons. The van der Waals surface area contributed by atoms with E-state index in [1.54, 1.807) is 0 Å². The monoisotopic (exact) mass is 260 g/mol. The Morgan fingerprint density at radius 3 is 2.26 bits per heavy atom. The number of benzene rings is 1. The van der Waals surface area contributed by atoms with Crippen molar-refractivity contribution in [3.63, 3.8) is 0 Å². The zero-order valence-electron chi connectivity index (χ0n) is 12.7. The third kappa shape index (κ3) is 3.80. The van der Waals surface area contributed by atoms with Gasteiger partial charge in [-0.3, -0.25) is 0 Å². The van der Waals surface area contributed by atoms with Crippen molar-refractivity contribution in [1.82, 2.24) is 10.2 Å². The summed E-state index contributed by atoms with van der Waals surface area (Å²) in [5.41, 5.74) is 3.39. The smallest absolute Gasteiger partial charge is 0.0230 e. The third-order valence-electron chi connectivity index (χ3n) is 4.46. The fourth-order valence-electron chi connectivity index (χ4n) is 3.26. The first kappa shape index (κ1) is 14.5. The molecular weight excluding hydrogens is 232 g/mol. The Balaban J connectivity index is 1.87. The van der Waals surface area contributed by atoms with Gasteiger partial charge >= 0.3 is 0 Å². The van der Waals surface area contributed by atoms with Gasteiger partial charge in [0.15, 0.2) is 0 Å². The topological polar surface area (TPSA) is 15.3 Å². The molecule has 1 fully saturated rings. The molecule has 0 spiro atoms. The van der Waals surface area contributed by atoms with Gasteiger partial charge in [-0.15, -0.1) is 0 Å². The highest BCUT2D eigenvalue weighted by atomic mass is 15.1.